The molecule has 6 heteroatoms. The van der Waals surface area contributed by atoms with Crippen LogP contribution in [0, 0.1) is 11.3 Å². The van der Waals surface area contributed by atoms with Gasteiger partial charge >= 0.3 is 0 Å². The molecule has 4 aromatic rings. The number of aromatic amines is 1. The van der Waals surface area contributed by atoms with E-state index in [9.17, 15) is 10.4 Å². The minimum Gasteiger partial charge on any atom is -0.508 e. The highest BCUT2D eigenvalue weighted by atomic mass is 16.5. The molecule has 1 atom stereocenters. The first-order valence-corrected chi connectivity index (χ1v) is 9.09. The Bertz CT molecular complexity index is 1310. The maximum absolute atomic E-state index is 9.77. The minimum atomic E-state index is -0.454. The minimum absolute atomic E-state index is 0.0367. The first-order chi connectivity index (χ1) is 14.2. The van der Waals surface area contributed by atoms with Crippen molar-refractivity contribution in [2.45, 2.75) is 5.92 Å². The molecule has 1 aromatic heterocycles. The van der Waals surface area contributed by atoms with Crippen LogP contribution >= 0.6 is 0 Å². The number of nitrogens with zero attached hydrogens (tertiary/aromatic N) is 2. The van der Waals surface area contributed by atoms with Crippen LogP contribution in [0.1, 0.15) is 17.0 Å². The van der Waals surface area contributed by atoms with E-state index in [2.05, 4.69) is 28.4 Å². The molecule has 1 aliphatic heterocycles. The number of rotatable bonds is 2. The van der Waals surface area contributed by atoms with E-state index in [0.29, 0.717) is 11.5 Å². The molecule has 2 heterocycles. The molecule has 140 valence electrons. The van der Waals surface area contributed by atoms with E-state index < -0.39 is 5.92 Å². The van der Waals surface area contributed by atoms with Crippen LogP contribution in [-0.4, -0.2) is 15.3 Å². The summed E-state index contributed by atoms with van der Waals surface area (Å²) in [4.78, 5) is 0. The standard InChI is InChI=1S/C23H16N4O2/c24-12-18-19(14-7-9-17(28)10-8-14)20-21(26-27-23(20)29-22(18)25)16-6-5-13-3-1-2-4-15(13)11-16/h1-11,19,28H,25H2,(H,26,27)/t19-/m0/s1. The summed E-state index contributed by atoms with van der Waals surface area (Å²) < 4.78 is 5.64. The van der Waals surface area contributed by atoms with E-state index >= 15 is 0 Å². The van der Waals surface area contributed by atoms with E-state index in [4.69, 9.17) is 10.5 Å². The Morgan fingerprint density at radius 3 is 2.55 bits per heavy atom. The van der Waals surface area contributed by atoms with Gasteiger partial charge in [-0.05, 0) is 34.5 Å². The monoisotopic (exact) mass is 380 g/mol. The van der Waals surface area contributed by atoms with Gasteiger partial charge in [0, 0.05) is 5.56 Å². The molecule has 0 fully saturated rings. The normalized spacial score (nSPS) is 15.6. The van der Waals surface area contributed by atoms with Gasteiger partial charge in [0.05, 0.1) is 17.2 Å². The van der Waals surface area contributed by atoms with Crippen LogP contribution in [-0.2, 0) is 0 Å². The molecule has 0 aliphatic carbocycles. The zero-order chi connectivity index (χ0) is 20.0. The fourth-order valence-electron chi connectivity index (χ4n) is 3.81. The third-order valence-electron chi connectivity index (χ3n) is 5.20. The Balaban J connectivity index is 1.73. The van der Waals surface area contributed by atoms with Gasteiger partial charge in [-0.1, -0.05) is 48.5 Å². The number of aromatic hydroxyl groups is 1. The van der Waals surface area contributed by atoms with Gasteiger partial charge in [0.1, 0.15) is 17.4 Å². The molecule has 0 radical (unpaired) electrons. The summed E-state index contributed by atoms with van der Waals surface area (Å²) in [6.45, 7) is 0. The molecule has 1 aliphatic rings. The SMILES string of the molecule is N#CC1=C(N)Oc2n[nH]c(-c3ccc4ccccc4c3)c2[C@H]1c1ccc(O)cc1. The number of hydrogen-bond donors (Lipinski definition) is 3. The maximum atomic E-state index is 9.77. The van der Waals surface area contributed by atoms with Crippen LogP contribution < -0.4 is 10.5 Å². The summed E-state index contributed by atoms with van der Waals surface area (Å²) in [5.41, 5.74) is 9.59. The van der Waals surface area contributed by atoms with Crippen molar-refractivity contribution in [2.75, 3.05) is 0 Å². The van der Waals surface area contributed by atoms with Crippen LogP contribution in [0.2, 0.25) is 0 Å². The second-order valence-corrected chi connectivity index (χ2v) is 6.90. The lowest BCUT2D eigenvalue weighted by molar-refractivity contribution is 0.379. The van der Waals surface area contributed by atoms with Crippen molar-refractivity contribution < 1.29 is 9.84 Å². The zero-order valence-electron chi connectivity index (χ0n) is 15.3. The molecule has 4 N–H and O–H groups in total. The van der Waals surface area contributed by atoms with Gasteiger partial charge in [-0.3, -0.25) is 5.10 Å². The number of allylic oxidation sites excluding steroid dienone is 1. The van der Waals surface area contributed by atoms with E-state index in [-0.39, 0.29) is 11.6 Å². The van der Waals surface area contributed by atoms with Gasteiger partial charge in [-0.15, -0.1) is 5.10 Å². The van der Waals surface area contributed by atoms with Crippen molar-refractivity contribution in [1.29, 1.82) is 5.26 Å². The van der Waals surface area contributed by atoms with Gasteiger partial charge in [0.15, 0.2) is 0 Å². The van der Waals surface area contributed by atoms with Crippen LogP contribution in [0.3, 0.4) is 0 Å². The number of nitriles is 1. The van der Waals surface area contributed by atoms with E-state index in [0.717, 1.165) is 33.2 Å². The fourth-order valence-corrected chi connectivity index (χ4v) is 3.81. The second kappa shape index (κ2) is 6.43. The van der Waals surface area contributed by atoms with Crippen LogP contribution in [0.4, 0.5) is 0 Å². The lowest BCUT2D eigenvalue weighted by Crippen LogP contribution is -2.20. The van der Waals surface area contributed by atoms with Gasteiger partial charge in [0.2, 0.25) is 11.8 Å². The third kappa shape index (κ3) is 2.68. The predicted molar refractivity (Wildman–Crippen MR) is 109 cm³/mol. The zero-order valence-corrected chi connectivity index (χ0v) is 15.3. The molecule has 0 amide bonds. The van der Waals surface area contributed by atoms with Gasteiger partial charge < -0.3 is 15.6 Å². The number of nitrogens with one attached hydrogen (secondary N) is 1. The average Bonchev–Trinajstić information content (AvgIpc) is 3.16. The van der Waals surface area contributed by atoms with Crippen molar-refractivity contribution in [3.63, 3.8) is 0 Å². The van der Waals surface area contributed by atoms with Gasteiger partial charge in [0.25, 0.3) is 0 Å². The molecular formula is C23H16N4O2. The van der Waals surface area contributed by atoms with Crippen molar-refractivity contribution in [1.82, 2.24) is 10.2 Å². The highest BCUT2D eigenvalue weighted by Crippen LogP contribution is 2.46. The van der Waals surface area contributed by atoms with Crippen molar-refractivity contribution in [3.8, 4) is 29.0 Å². The lowest BCUT2D eigenvalue weighted by atomic mass is 9.83. The number of hydrogen-bond acceptors (Lipinski definition) is 5. The molecule has 5 rings (SSSR count). The Kier molecular flexibility index (Phi) is 3.75. The smallest absolute Gasteiger partial charge is 0.244 e. The summed E-state index contributed by atoms with van der Waals surface area (Å²) in [5.74, 6) is 0.0837. The number of phenolic OH excluding ortho intramolecular Hbond substituents is 1. The molecule has 0 bridgehead atoms. The number of fused-ring (bicyclic) bond motifs is 2. The molecule has 3 aromatic carbocycles. The number of benzene rings is 3. The third-order valence-corrected chi connectivity index (χ3v) is 5.20. The van der Waals surface area contributed by atoms with Crippen LogP contribution in [0.15, 0.2) is 78.2 Å². The van der Waals surface area contributed by atoms with Crippen molar-refractivity contribution in [2.24, 2.45) is 5.73 Å². The Morgan fingerprint density at radius 1 is 1.03 bits per heavy atom. The number of H-pyrrole nitrogens is 1. The Hall–Kier alpha value is -4.24. The van der Waals surface area contributed by atoms with E-state index in [1.165, 1.54) is 0 Å². The van der Waals surface area contributed by atoms with Gasteiger partial charge in [-0.25, -0.2) is 0 Å². The molecule has 0 spiro atoms. The molecular weight excluding hydrogens is 364 g/mol. The Morgan fingerprint density at radius 2 is 1.79 bits per heavy atom. The topological polar surface area (TPSA) is 108 Å². The quantitative estimate of drug-likeness (QED) is 0.484. The largest absolute Gasteiger partial charge is 0.508 e. The van der Waals surface area contributed by atoms with Crippen molar-refractivity contribution in [3.05, 3.63) is 89.3 Å². The Labute approximate surface area is 166 Å². The molecule has 29 heavy (non-hydrogen) atoms. The van der Waals surface area contributed by atoms with Gasteiger partial charge in [-0.2, -0.15) is 5.26 Å². The first kappa shape index (κ1) is 16.9. The lowest BCUT2D eigenvalue weighted by Gasteiger charge is -2.24. The first-order valence-electron chi connectivity index (χ1n) is 9.09. The number of aromatic nitrogens is 2. The van der Waals surface area contributed by atoms with Crippen molar-refractivity contribution >= 4 is 10.8 Å². The predicted octanol–water partition coefficient (Wildman–Crippen LogP) is 4.15. The second-order valence-electron chi connectivity index (χ2n) is 6.90. The maximum Gasteiger partial charge on any atom is 0.244 e. The highest BCUT2D eigenvalue weighted by Gasteiger charge is 2.35. The number of nitrogens with two attached hydrogens (primary N) is 1. The highest BCUT2D eigenvalue weighted by molar-refractivity contribution is 5.87. The molecule has 6 nitrogen and oxygen atoms in total. The summed E-state index contributed by atoms with van der Waals surface area (Å²) in [6, 6.07) is 23.1. The summed E-state index contributed by atoms with van der Waals surface area (Å²) in [5, 5.41) is 29.0. The summed E-state index contributed by atoms with van der Waals surface area (Å²) in [7, 11) is 0. The van der Waals surface area contributed by atoms with E-state index in [1.807, 2.05) is 30.3 Å². The van der Waals surface area contributed by atoms with Crippen LogP contribution in [0.25, 0.3) is 22.0 Å². The average molecular weight is 380 g/mol. The molecule has 0 saturated carbocycles. The number of ether oxygens (including phenoxy) is 1. The fraction of sp³-hybridized carbons (Fsp3) is 0.0435. The van der Waals surface area contributed by atoms with Crippen LogP contribution in [0.5, 0.6) is 11.6 Å². The number of phenols is 1. The molecule has 0 unspecified atom stereocenters. The van der Waals surface area contributed by atoms with E-state index in [1.54, 1.807) is 24.3 Å². The summed E-state index contributed by atoms with van der Waals surface area (Å²) in [6.07, 6.45) is 0. The molecule has 0 saturated heterocycles. The summed E-state index contributed by atoms with van der Waals surface area (Å²) >= 11 is 0.